The number of aromatic nitrogens is 3. The van der Waals surface area contributed by atoms with Gasteiger partial charge in [-0.2, -0.15) is 0 Å². The zero-order valence-corrected chi connectivity index (χ0v) is 12.9. The van der Waals surface area contributed by atoms with Crippen LogP contribution in [-0.2, 0) is 6.42 Å². The molecule has 6 heteroatoms. The number of nitrogens with one attached hydrogen (secondary N) is 1. The normalized spacial score (nSPS) is 10.7. The predicted octanol–water partition coefficient (Wildman–Crippen LogP) is 3.93. The first-order valence-electron chi connectivity index (χ1n) is 6.36. The number of rotatable bonds is 4. The van der Waals surface area contributed by atoms with E-state index < -0.39 is 0 Å². The molecule has 0 saturated carbocycles. The smallest absolute Gasteiger partial charge is 0.182 e. The lowest BCUT2D eigenvalue weighted by molar-refractivity contribution is 1.06. The zero-order chi connectivity index (χ0) is 13.9. The van der Waals surface area contributed by atoms with Gasteiger partial charge in [0, 0.05) is 18.6 Å². The topological polar surface area (TPSA) is 50.7 Å². The van der Waals surface area contributed by atoms with Crippen molar-refractivity contribution in [1.29, 1.82) is 0 Å². The minimum absolute atomic E-state index is 0.894. The van der Waals surface area contributed by atoms with Crippen LogP contribution in [0.4, 0.5) is 5.13 Å². The van der Waals surface area contributed by atoms with E-state index >= 15 is 0 Å². The van der Waals surface area contributed by atoms with Crippen LogP contribution < -0.4 is 5.32 Å². The molecule has 4 nitrogen and oxygen atoms in total. The first kappa shape index (κ1) is 13.2. The third-order valence-electron chi connectivity index (χ3n) is 2.87. The molecule has 0 bridgehead atoms. The monoisotopic (exact) mass is 302 g/mol. The summed E-state index contributed by atoms with van der Waals surface area (Å²) >= 11 is 3.27. The quantitative estimate of drug-likeness (QED) is 0.793. The van der Waals surface area contributed by atoms with E-state index in [1.54, 1.807) is 28.9 Å². The van der Waals surface area contributed by atoms with Gasteiger partial charge in [-0.15, -0.1) is 22.7 Å². The van der Waals surface area contributed by atoms with Crippen molar-refractivity contribution in [3.63, 3.8) is 0 Å². The van der Waals surface area contributed by atoms with E-state index in [9.17, 15) is 0 Å². The Kier molecular flexibility index (Phi) is 3.75. The van der Waals surface area contributed by atoms with Crippen molar-refractivity contribution < 1.29 is 0 Å². The lowest BCUT2D eigenvalue weighted by Gasteiger charge is -1.94. The summed E-state index contributed by atoms with van der Waals surface area (Å²) in [5.41, 5.74) is 3.00. The maximum absolute atomic E-state index is 4.71. The van der Waals surface area contributed by atoms with Crippen molar-refractivity contribution in [2.24, 2.45) is 0 Å². The molecule has 0 atom stereocenters. The summed E-state index contributed by atoms with van der Waals surface area (Å²) in [5, 5.41) is 7.02. The number of thiazole rings is 2. The highest BCUT2D eigenvalue weighted by Gasteiger charge is 2.15. The molecule has 0 radical (unpaired) electrons. The number of aryl methyl sites for hydroxylation is 1. The molecule has 3 aromatic rings. The second kappa shape index (κ2) is 5.68. The SMILES string of the molecule is CCc1nc(-c2ccccn2)sc1-c1csc(NC)n1. The molecule has 0 saturated heterocycles. The van der Waals surface area contributed by atoms with Gasteiger partial charge < -0.3 is 5.32 Å². The van der Waals surface area contributed by atoms with Gasteiger partial charge >= 0.3 is 0 Å². The molecule has 0 spiro atoms. The Morgan fingerprint density at radius 1 is 1.20 bits per heavy atom. The van der Waals surface area contributed by atoms with Gasteiger partial charge in [0.1, 0.15) is 5.01 Å². The highest BCUT2D eigenvalue weighted by molar-refractivity contribution is 7.19. The van der Waals surface area contributed by atoms with Crippen molar-refractivity contribution in [3.05, 3.63) is 35.5 Å². The second-order valence-corrected chi connectivity index (χ2v) is 6.01. The van der Waals surface area contributed by atoms with E-state index in [0.717, 1.165) is 38.5 Å². The molecule has 0 fully saturated rings. The van der Waals surface area contributed by atoms with Gasteiger partial charge in [-0.25, -0.2) is 9.97 Å². The second-order valence-electron chi connectivity index (χ2n) is 4.15. The molecule has 0 aromatic carbocycles. The number of anilines is 1. The van der Waals surface area contributed by atoms with E-state index in [0.29, 0.717) is 0 Å². The average Bonchev–Trinajstić information content (AvgIpc) is 3.14. The van der Waals surface area contributed by atoms with Crippen LogP contribution in [0.5, 0.6) is 0 Å². The molecule has 102 valence electrons. The van der Waals surface area contributed by atoms with E-state index in [2.05, 4.69) is 27.6 Å². The Hall–Kier alpha value is -1.79. The number of nitrogens with zero attached hydrogens (tertiary/aromatic N) is 3. The largest absolute Gasteiger partial charge is 0.365 e. The number of hydrogen-bond acceptors (Lipinski definition) is 6. The zero-order valence-electron chi connectivity index (χ0n) is 11.3. The Morgan fingerprint density at radius 3 is 2.75 bits per heavy atom. The third-order valence-corrected chi connectivity index (χ3v) is 4.87. The molecule has 0 unspecified atom stereocenters. The average molecular weight is 302 g/mol. The standard InChI is InChI=1S/C14H14N4S2/c1-3-9-12(11-8-19-14(15-2)18-11)20-13(17-9)10-6-4-5-7-16-10/h4-8H,3H2,1-2H3,(H,15,18). The highest BCUT2D eigenvalue weighted by atomic mass is 32.1. The maximum atomic E-state index is 4.71. The van der Waals surface area contributed by atoms with Crippen LogP contribution in [0.15, 0.2) is 29.8 Å². The highest BCUT2D eigenvalue weighted by Crippen LogP contribution is 2.36. The minimum atomic E-state index is 0.894. The van der Waals surface area contributed by atoms with E-state index in [1.165, 1.54) is 0 Å². The first-order chi connectivity index (χ1) is 9.81. The molecule has 3 rings (SSSR count). The summed E-state index contributed by atoms with van der Waals surface area (Å²) in [4.78, 5) is 14.8. The summed E-state index contributed by atoms with van der Waals surface area (Å²) in [6.07, 6.45) is 2.69. The van der Waals surface area contributed by atoms with Gasteiger partial charge in [-0.05, 0) is 18.6 Å². The summed E-state index contributed by atoms with van der Waals surface area (Å²) in [7, 11) is 1.88. The summed E-state index contributed by atoms with van der Waals surface area (Å²) in [6.45, 7) is 2.12. The molecule has 3 heterocycles. The van der Waals surface area contributed by atoms with E-state index in [1.807, 2.05) is 25.2 Å². The maximum Gasteiger partial charge on any atom is 0.182 e. The van der Waals surface area contributed by atoms with Crippen LogP contribution >= 0.6 is 22.7 Å². The molecule has 0 aliphatic heterocycles. The van der Waals surface area contributed by atoms with Gasteiger partial charge in [0.05, 0.1) is 22.0 Å². The van der Waals surface area contributed by atoms with Crippen molar-refractivity contribution in [2.45, 2.75) is 13.3 Å². The Morgan fingerprint density at radius 2 is 2.10 bits per heavy atom. The minimum Gasteiger partial charge on any atom is -0.365 e. The van der Waals surface area contributed by atoms with Crippen molar-refractivity contribution >= 4 is 27.8 Å². The van der Waals surface area contributed by atoms with Crippen LogP contribution in [0, 0.1) is 0 Å². The van der Waals surface area contributed by atoms with Gasteiger partial charge in [0.2, 0.25) is 0 Å². The lowest BCUT2D eigenvalue weighted by Crippen LogP contribution is -1.87. The van der Waals surface area contributed by atoms with E-state index in [4.69, 9.17) is 4.98 Å². The fourth-order valence-electron chi connectivity index (χ4n) is 1.88. The van der Waals surface area contributed by atoms with Gasteiger partial charge in [-0.3, -0.25) is 4.98 Å². The van der Waals surface area contributed by atoms with Crippen molar-refractivity contribution in [3.8, 4) is 21.3 Å². The first-order valence-corrected chi connectivity index (χ1v) is 8.06. The van der Waals surface area contributed by atoms with Gasteiger partial charge in [0.15, 0.2) is 5.13 Å². The fourth-order valence-corrected chi connectivity index (χ4v) is 3.71. The third kappa shape index (κ3) is 2.44. The molecule has 20 heavy (non-hydrogen) atoms. The molecule has 0 amide bonds. The molecular formula is C14H14N4S2. The van der Waals surface area contributed by atoms with Gasteiger partial charge in [-0.1, -0.05) is 13.0 Å². The van der Waals surface area contributed by atoms with Crippen molar-refractivity contribution in [2.75, 3.05) is 12.4 Å². The summed E-state index contributed by atoms with van der Waals surface area (Å²) in [6, 6.07) is 5.89. The Bertz CT molecular complexity index is 703. The van der Waals surface area contributed by atoms with Gasteiger partial charge in [0.25, 0.3) is 0 Å². The Labute approximate surface area is 125 Å². The summed E-state index contributed by atoms with van der Waals surface area (Å²) < 4.78 is 0. The molecule has 1 N–H and O–H groups in total. The molecule has 0 aliphatic rings. The van der Waals surface area contributed by atoms with Crippen LogP contribution in [-0.4, -0.2) is 22.0 Å². The van der Waals surface area contributed by atoms with Crippen LogP contribution in [0.3, 0.4) is 0 Å². The number of pyridine rings is 1. The van der Waals surface area contributed by atoms with Crippen LogP contribution in [0.1, 0.15) is 12.6 Å². The Balaban J connectivity index is 2.05. The van der Waals surface area contributed by atoms with Crippen LogP contribution in [0.25, 0.3) is 21.3 Å². The number of hydrogen-bond donors (Lipinski definition) is 1. The van der Waals surface area contributed by atoms with Crippen molar-refractivity contribution in [1.82, 2.24) is 15.0 Å². The fraction of sp³-hybridized carbons (Fsp3) is 0.214. The molecule has 0 aliphatic carbocycles. The predicted molar refractivity (Wildman–Crippen MR) is 85.4 cm³/mol. The van der Waals surface area contributed by atoms with Crippen LogP contribution in [0.2, 0.25) is 0 Å². The molecule has 3 aromatic heterocycles. The molecular weight excluding hydrogens is 288 g/mol. The van der Waals surface area contributed by atoms with E-state index in [-0.39, 0.29) is 0 Å². The summed E-state index contributed by atoms with van der Waals surface area (Å²) in [5.74, 6) is 0. The lowest BCUT2D eigenvalue weighted by atomic mass is 10.2.